The molecule has 0 saturated carbocycles. The fraction of sp³-hybridized carbons (Fsp3) is 0.571. The molecule has 0 unspecified atom stereocenters. The number of amides is 1. The molecule has 3 heterocycles. The molecule has 0 aliphatic carbocycles. The molecule has 2 aliphatic rings. The van der Waals surface area contributed by atoms with E-state index in [1.165, 1.54) is 16.7 Å². The van der Waals surface area contributed by atoms with Crippen LogP contribution in [-0.4, -0.2) is 96.0 Å². The van der Waals surface area contributed by atoms with E-state index >= 15 is 0 Å². The highest BCUT2D eigenvalue weighted by Gasteiger charge is 2.32. The monoisotopic (exact) mass is 565 g/mol. The van der Waals surface area contributed by atoms with Crippen molar-refractivity contribution in [2.24, 2.45) is 0 Å². The Labute approximate surface area is 233 Å². The molecule has 0 bridgehead atoms. The van der Waals surface area contributed by atoms with Crippen LogP contribution in [0.15, 0.2) is 47.5 Å². The number of aromatic nitrogens is 1. The van der Waals surface area contributed by atoms with Crippen LogP contribution in [0.2, 0.25) is 0 Å². The highest BCUT2D eigenvalue weighted by atomic mass is 32.2. The number of hydrogen-bond donors (Lipinski definition) is 0. The first-order valence-electron chi connectivity index (χ1n) is 13.4. The molecule has 0 spiro atoms. The van der Waals surface area contributed by atoms with Crippen LogP contribution in [0.25, 0.3) is 0 Å². The number of piperazine rings is 2. The largest absolute Gasteiger partial charge is 0.448 e. The van der Waals surface area contributed by atoms with Gasteiger partial charge in [0.15, 0.2) is 0 Å². The van der Waals surface area contributed by atoms with E-state index in [0.29, 0.717) is 39.3 Å². The molecule has 2 aliphatic heterocycles. The van der Waals surface area contributed by atoms with Crippen LogP contribution >= 0.6 is 11.8 Å². The third kappa shape index (κ3) is 8.74. The van der Waals surface area contributed by atoms with Crippen LogP contribution in [0.5, 0.6) is 0 Å². The highest BCUT2D eigenvalue weighted by molar-refractivity contribution is 8.00. The van der Waals surface area contributed by atoms with Crippen molar-refractivity contribution in [2.45, 2.75) is 43.1 Å². The van der Waals surface area contributed by atoms with Crippen molar-refractivity contribution in [3.05, 3.63) is 53.7 Å². The normalized spacial score (nSPS) is 17.9. The predicted molar refractivity (Wildman–Crippen MR) is 148 cm³/mol. The molecule has 214 valence electrons. The van der Waals surface area contributed by atoms with E-state index in [1.54, 1.807) is 9.80 Å². The summed E-state index contributed by atoms with van der Waals surface area (Å²) in [7, 11) is 0. The molecule has 0 N–H and O–H groups in total. The Morgan fingerprint density at radius 3 is 2.28 bits per heavy atom. The number of halogens is 3. The van der Waals surface area contributed by atoms with Gasteiger partial charge in [-0.1, -0.05) is 39.0 Å². The van der Waals surface area contributed by atoms with Gasteiger partial charge in [0.25, 0.3) is 0 Å². The first-order chi connectivity index (χ1) is 18.5. The van der Waals surface area contributed by atoms with Gasteiger partial charge in [0.2, 0.25) is 0 Å². The summed E-state index contributed by atoms with van der Waals surface area (Å²) in [6.07, 6.45) is -3.62. The van der Waals surface area contributed by atoms with Crippen molar-refractivity contribution in [3.8, 4) is 0 Å². The maximum Gasteiger partial charge on any atom is 0.416 e. The molecule has 11 heteroatoms. The number of thioether (sulfide) groups is 1. The second-order valence-corrected chi connectivity index (χ2v) is 12.8. The summed E-state index contributed by atoms with van der Waals surface area (Å²) in [6.45, 7) is 14.0. The summed E-state index contributed by atoms with van der Waals surface area (Å²) in [5.74, 6) is 0.272. The van der Waals surface area contributed by atoms with Gasteiger partial charge in [-0.05, 0) is 23.8 Å². The molecule has 0 radical (unpaired) electrons. The molecule has 1 aromatic heterocycles. The van der Waals surface area contributed by atoms with Crippen LogP contribution in [0.3, 0.4) is 0 Å². The first-order valence-corrected chi connectivity index (χ1v) is 14.2. The molecule has 1 aromatic carbocycles. The number of benzene rings is 1. The first kappa shape index (κ1) is 29.5. The number of nitrogens with zero attached hydrogens (tertiary/aromatic N) is 5. The molecule has 2 fully saturated rings. The number of rotatable bonds is 7. The Morgan fingerprint density at radius 2 is 1.62 bits per heavy atom. The number of pyridine rings is 1. The van der Waals surface area contributed by atoms with Crippen LogP contribution in [0, 0.1) is 0 Å². The molecule has 2 saturated heterocycles. The van der Waals surface area contributed by atoms with Gasteiger partial charge < -0.3 is 14.5 Å². The van der Waals surface area contributed by atoms with Gasteiger partial charge in [-0.25, -0.2) is 9.78 Å². The lowest BCUT2D eigenvalue weighted by atomic mass is 10.2. The molecular weight excluding hydrogens is 527 g/mol. The summed E-state index contributed by atoms with van der Waals surface area (Å²) in [5.41, 5.74) is 0.642. The lowest BCUT2D eigenvalue weighted by molar-refractivity contribution is -0.137. The minimum atomic E-state index is -4.41. The second-order valence-electron chi connectivity index (χ2n) is 10.9. The van der Waals surface area contributed by atoms with E-state index in [9.17, 15) is 18.0 Å². The number of ether oxygens (including phenoxy) is 1. The van der Waals surface area contributed by atoms with Crippen LogP contribution in [0.4, 0.5) is 23.8 Å². The Balaban J connectivity index is 1.15. The number of anilines is 1. The molecule has 4 rings (SSSR count). The van der Waals surface area contributed by atoms with Crippen molar-refractivity contribution in [1.29, 1.82) is 0 Å². The fourth-order valence-electron chi connectivity index (χ4n) is 4.71. The van der Waals surface area contributed by atoms with Crippen LogP contribution in [-0.2, 0) is 17.5 Å². The Bertz CT molecular complexity index is 1100. The van der Waals surface area contributed by atoms with Gasteiger partial charge in [-0.3, -0.25) is 9.80 Å². The van der Waals surface area contributed by atoms with E-state index < -0.39 is 11.7 Å². The third-order valence-corrected chi connectivity index (χ3v) is 8.05. The van der Waals surface area contributed by atoms with Gasteiger partial charge in [-0.15, -0.1) is 11.8 Å². The predicted octanol–water partition coefficient (Wildman–Crippen LogP) is 5.07. The summed E-state index contributed by atoms with van der Waals surface area (Å²) in [4.78, 5) is 26.1. The zero-order chi connectivity index (χ0) is 28.0. The number of carbonyl (C=O) groups is 1. The van der Waals surface area contributed by atoms with Gasteiger partial charge >= 0.3 is 12.3 Å². The Hall–Kier alpha value is -2.50. The van der Waals surface area contributed by atoms with Crippen molar-refractivity contribution < 1.29 is 22.7 Å². The summed E-state index contributed by atoms with van der Waals surface area (Å²) in [6, 6.07) is 10.6. The van der Waals surface area contributed by atoms with E-state index in [1.807, 2.05) is 11.8 Å². The molecule has 2 aromatic rings. The van der Waals surface area contributed by atoms with Gasteiger partial charge in [-0.2, -0.15) is 13.2 Å². The average Bonchev–Trinajstić information content (AvgIpc) is 2.89. The minimum absolute atomic E-state index is 0.166. The maximum atomic E-state index is 13.0. The molecule has 0 atom stereocenters. The maximum absolute atomic E-state index is 13.0. The molecule has 39 heavy (non-hydrogen) atoms. The zero-order valence-corrected chi connectivity index (χ0v) is 23.7. The molecular formula is C28H38F3N5O2S. The summed E-state index contributed by atoms with van der Waals surface area (Å²) >= 11 is 1.91. The standard InChI is InChI=1S/C28H38F3N5O2S/c1-27(2,3)39-24-7-5-4-6-22(24)21-34-12-10-33(11-13-34)18-19-38-26(37)36-16-14-35(15-17-36)25-20-23(8-9-32-25)28(29,30)31/h4-9,20H,10-19,21H2,1-3H3. The van der Waals surface area contributed by atoms with Gasteiger partial charge in [0.05, 0.1) is 5.56 Å². The van der Waals surface area contributed by atoms with Gasteiger partial charge in [0.1, 0.15) is 12.4 Å². The average molecular weight is 566 g/mol. The fourth-order valence-corrected chi connectivity index (χ4v) is 5.78. The van der Waals surface area contributed by atoms with E-state index in [0.717, 1.165) is 44.9 Å². The van der Waals surface area contributed by atoms with Crippen molar-refractivity contribution in [3.63, 3.8) is 0 Å². The van der Waals surface area contributed by atoms with E-state index in [-0.39, 0.29) is 16.7 Å². The summed E-state index contributed by atoms with van der Waals surface area (Å²) in [5, 5.41) is 0. The second kappa shape index (κ2) is 12.8. The third-order valence-electron chi connectivity index (χ3n) is 6.82. The van der Waals surface area contributed by atoms with Crippen LogP contribution < -0.4 is 4.90 Å². The van der Waals surface area contributed by atoms with Crippen LogP contribution in [0.1, 0.15) is 31.9 Å². The lowest BCUT2D eigenvalue weighted by Crippen LogP contribution is -2.50. The SMILES string of the molecule is CC(C)(C)Sc1ccccc1CN1CCN(CCOC(=O)N2CCN(c3cc(C(F)(F)F)ccn3)CC2)CC1. The molecule has 1 amide bonds. The quantitative estimate of drug-likeness (QED) is 0.435. The minimum Gasteiger partial charge on any atom is -0.448 e. The number of alkyl halides is 3. The topological polar surface area (TPSA) is 52.2 Å². The number of carbonyl (C=O) groups excluding carboxylic acids is 1. The smallest absolute Gasteiger partial charge is 0.416 e. The Kier molecular flexibility index (Phi) is 9.66. The van der Waals surface area contributed by atoms with Crippen molar-refractivity contribution >= 4 is 23.7 Å². The lowest BCUT2D eigenvalue weighted by Gasteiger charge is -2.36. The van der Waals surface area contributed by atoms with Crippen molar-refractivity contribution in [1.82, 2.24) is 19.7 Å². The number of hydrogen-bond acceptors (Lipinski definition) is 7. The van der Waals surface area contributed by atoms with Crippen molar-refractivity contribution in [2.75, 3.05) is 70.4 Å². The zero-order valence-electron chi connectivity index (χ0n) is 22.9. The molecule has 7 nitrogen and oxygen atoms in total. The van der Waals surface area contributed by atoms with Gasteiger partial charge in [0, 0.05) is 81.3 Å². The van der Waals surface area contributed by atoms with E-state index in [4.69, 9.17) is 4.74 Å². The van der Waals surface area contributed by atoms with E-state index in [2.05, 4.69) is 59.8 Å². The Morgan fingerprint density at radius 1 is 0.949 bits per heavy atom. The highest BCUT2D eigenvalue weighted by Crippen LogP contribution is 2.34. The summed E-state index contributed by atoms with van der Waals surface area (Å²) < 4.78 is 44.7.